The Bertz CT molecular complexity index is 667. The fourth-order valence-electron chi connectivity index (χ4n) is 2.73. The van der Waals surface area contributed by atoms with Gasteiger partial charge in [0.2, 0.25) is 0 Å². The standard InChI is InChI=1S/C19H28N4O2/c1-4-18-17(12-21-23(18)13-14(2)3)22-19(25)20-11-16(24)10-15-8-6-5-7-9-15/h5-9,12,14,16,24H,4,10-11,13H2,1-3H3,(H2,20,22,25). The minimum Gasteiger partial charge on any atom is -0.391 e. The molecular weight excluding hydrogens is 316 g/mol. The minimum atomic E-state index is -0.623. The van der Waals surface area contributed by atoms with Crippen molar-refractivity contribution in [1.82, 2.24) is 15.1 Å². The van der Waals surface area contributed by atoms with Crippen molar-refractivity contribution in [1.29, 1.82) is 0 Å². The van der Waals surface area contributed by atoms with Gasteiger partial charge in [-0.1, -0.05) is 51.1 Å². The summed E-state index contributed by atoms with van der Waals surface area (Å²) in [7, 11) is 0. The number of hydrogen-bond donors (Lipinski definition) is 3. The number of aliphatic hydroxyl groups excluding tert-OH is 1. The normalized spacial score (nSPS) is 12.2. The predicted octanol–water partition coefficient (Wildman–Crippen LogP) is 2.83. The maximum absolute atomic E-state index is 12.1. The van der Waals surface area contributed by atoms with Crippen LogP contribution in [-0.4, -0.2) is 33.6 Å². The molecule has 0 radical (unpaired) electrons. The Morgan fingerprint density at radius 1 is 1.28 bits per heavy atom. The molecule has 6 nitrogen and oxygen atoms in total. The zero-order chi connectivity index (χ0) is 18.2. The summed E-state index contributed by atoms with van der Waals surface area (Å²) >= 11 is 0. The number of hydrogen-bond acceptors (Lipinski definition) is 3. The summed E-state index contributed by atoms with van der Waals surface area (Å²) in [5, 5.41) is 20.0. The Morgan fingerprint density at radius 2 is 2.00 bits per heavy atom. The van der Waals surface area contributed by atoms with Crippen LogP contribution in [0.15, 0.2) is 36.5 Å². The van der Waals surface area contributed by atoms with Gasteiger partial charge in [0, 0.05) is 19.5 Å². The molecule has 1 unspecified atom stereocenters. The third-order valence-corrected chi connectivity index (χ3v) is 3.88. The maximum atomic E-state index is 12.1. The average Bonchev–Trinajstić information content (AvgIpc) is 2.94. The number of urea groups is 1. The first-order valence-corrected chi connectivity index (χ1v) is 8.81. The number of aromatic nitrogens is 2. The van der Waals surface area contributed by atoms with E-state index in [1.807, 2.05) is 41.9 Å². The van der Waals surface area contributed by atoms with E-state index in [0.717, 1.165) is 29.9 Å². The third kappa shape index (κ3) is 5.90. The monoisotopic (exact) mass is 344 g/mol. The number of anilines is 1. The van der Waals surface area contributed by atoms with Gasteiger partial charge >= 0.3 is 6.03 Å². The number of carbonyl (C=O) groups excluding carboxylic acids is 1. The molecule has 6 heteroatoms. The molecule has 0 bridgehead atoms. The van der Waals surface area contributed by atoms with Gasteiger partial charge in [0.15, 0.2) is 0 Å². The molecule has 136 valence electrons. The molecule has 2 rings (SSSR count). The smallest absolute Gasteiger partial charge is 0.319 e. The lowest BCUT2D eigenvalue weighted by atomic mass is 10.1. The van der Waals surface area contributed by atoms with Crippen LogP contribution in [0.2, 0.25) is 0 Å². The Kier molecular flexibility index (Phi) is 7.01. The van der Waals surface area contributed by atoms with Crippen LogP contribution in [0.5, 0.6) is 0 Å². The molecule has 0 aliphatic rings. The van der Waals surface area contributed by atoms with Gasteiger partial charge < -0.3 is 15.7 Å². The van der Waals surface area contributed by atoms with Gasteiger partial charge in [-0.3, -0.25) is 4.68 Å². The lowest BCUT2D eigenvalue weighted by molar-refractivity contribution is 0.172. The summed E-state index contributed by atoms with van der Waals surface area (Å²) in [6.07, 6.45) is 2.36. The molecular formula is C19H28N4O2. The molecule has 1 aromatic heterocycles. The Labute approximate surface area is 149 Å². The van der Waals surface area contributed by atoms with Crippen LogP contribution < -0.4 is 10.6 Å². The second-order valence-corrected chi connectivity index (χ2v) is 6.61. The van der Waals surface area contributed by atoms with Crippen LogP contribution in [0.25, 0.3) is 0 Å². The molecule has 0 saturated carbocycles. The summed E-state index contributed by atoms with van der Waals surface area (Å²) in [6, 6.07) is 9.39. The molecule has 1 heterocycles. The average molecular weight is 344 g/mol. The molecule has 0 fully saturated rings. The lowest BCUT2D eigenvalue weighted by Gasteiger charge is -2.13. The van der Waals surface area contributed by atoms with Crippen LogP contribution in [0.4, 0.5) is 10.5 Å². The van der Waals surface area contributed by atoms with Crippen LogP contribution in [0.3, 0.4) is 0 Å². The number of amides is 2. The van der Waals surface area contributed by atoms with Crippen molar-refractivity contribution in [2.45, 2.75) is 46.3 Å². The van der Waals surface area contributed by atoms with Gasteiger partial charge in [-0.15, -0.1) is 0 Å². The van der Waals surface area contributed by atoms with Crippen LogP contribution >= 0.6 is 0 Å². The topological polar surface area (TPSA) is 79.2 Å². The molecule has 0 spiro atoms. The lowest BCUT2D eigenvalue weighted by Crippen LogP contribution is -2.36. The molecule has 3 N–H and O–H groups in total. The van der Waals surface area contributed by atoms with Crippen LogP contribution in [0.1, 0.15) is 32.0 Å². The van der Waals surface area contributed by atoms with E-state index in [9.17, 15) is 9.90 Å². The second kappa shape index (κ2) is 9.22. The van der Waals surface area contributed by atoms with Crippen molar-refractivity contribution < 1.29 is 9.90 Å². The van der Waals surface area contributed by atoms with Crippen LogP contribution in [0, 0.1) is 5.92 Å². The molecule has 0 aliphatic carbocycles. The van der Waals surface area contributed by atoms with E-state index in [4.69, 9.17) is 0 Å². The summed E-state index contributed by atoms with van der Waals surface area (Å²) in [6.45, 7) is 7.33. The van der Waals surface area contributed by atoms with Crippen molar-refractivity contribution in [2.24, 2.45) is 5.92 Å². The van der Waals surface area contributed by atoms with E-state index in [-0.39, 0.29) is 12.6 Å². The molecule has 2 amide bonds. The number of benzene rings is 1. The van der Waals surface area contributed by atoms with E-state index in [0.29, 0.717) is 12.3 Å². The maximum Gasteiger partial charge on any atom is 0.319 e. The number of nitrogens with one attached hydrogen (secondary N) is 2. The Morgan fingerprint density at radius 3 is 2.64 bits per heavy atom. The fourth-order valence-corrected chi connectivity index (χ4v) is 2.73. The summed E-state index contributed by atoms with van der Waals surface area (Å²) in [5.41, 5.74) is 2.77. The second-order valence-electron chi connectivity index (χ2n) is 6.61. The number of rotatable bonds is 8. The number of carbonyl (C=O) groups is 1. The van der Waals surface area contributed by atoms with E-state index < -0.39 is 6.10 Å². The minimum absolute atomic E-state index is 0.197. The highest BCUT2D eigenvalue weighted by atomic mass is 16.3. The largest absolute Gasteiger partial charge is 0.391 e. The van der Waals surface area contributed by atoms with E-state index in [2.05, 4.69) is 29.6 Å². The van der Waals surface area contributed by atoms with Crippen molar-refractivity contribution in [3.8, 4) is 0 Å². The van der Waals surface area contributed by atoms with Gasteiger partial charge in [0.05, 0.1) is 23.7 Å². The van der Waals surface area contributed by atoms with Crippen LogP contribution in [-0.2, 0) is 19.4 Å². The van der Waals surface area contributed by atoms with Crippen molar-refractivity contribution in [2.75, 3.05) is 11.9 Å². The highest BCUT2D eigenvalue weighted by Gasteiger charge is 2.13. The van der Waals surface area contributed by atoms with E-state index >= 15 is 0 Å². The first kappa shape index (κ1) is 19.0. The van der Waals surface area contributed by atoms with Crippen molar-refractivity contribution in [3.63, 3.8) is 0 Å². The van der Waals surface area contributed by atoms with E-state index in [1.165, 1.54) is 0 Å². The number of nitrogens with zero attached hydrogens (tertiary/aromatic N) is 2. The molecule has 0 saturated heterocycles. The highest BCUT2D eigenvalue weighted by molar-refractivity contribution is 5.89. The summed E-state index contributed by atoms with van der Waals surface area (Å²) in [5.74, 6) is 0.486. The first-order valence-electron chi connectivity index (χ1n) is 8.81. The van der Waals surface area contributed by atoms with E-state index in [1.54, 1.807) is 6.20 Å². The predicted molar refractivity (Wildman–Crippen MR) is 99.6 cm³/mol. The zero-order valence-corrected chi connectivity index (χ0v) is 15.2. The molecule has 2 aromatic rings. The Balaban J connectivity index is 1.85. The quantitative estimate of drug-likeness (QED) is 0.689. The highest BCUT2D eigenvalue weighted by Crippen LogP contribution is 2.17. The van der Waals surface area contributed by atoms with Gasteiger partial charge in [-0.25, -0.2) is 4.79 Å². The molecule has 1 atom stereocenters. The zero-order valence-electron chi connectivity index (χ0n) is 15.2. The summed E-state index contributed by atoms with van der Waals surface area (Å²) < 4.78 is 1.94. The van der Waals surface area contributed by atoms with Gasteiger partial charge in [-0.2, -0.15) is 5.10 Å². The molecule has 0 aliphatic heterocycles. The third-order valence-electron chi connectivity index (χ3n) is 3.88. The number of aliphatic hydroxyl groups is 1. The van der Waals surface area contributed by atoms with Crippen molar-refractivity contribution in [3.05, 3.63) is 47.8 Å². The van der Waals surface area contributed by atoms with Crippen molar-refractivity contribution >= 4 is 11.7 Å². The molecule has 1 aromatic carbocycles. The van der Waals surface area contributed by atoms with Gasteiger partial charge in [-0.05, 0) is 17.9 Å². The molecule has 25 heavy (non-hydrogen) atoms. The SMILES string of the molecule is CCc1c(NC(=O)NCC(O)Cc2ccccc2)cnn1CC(C)C. The van der Waals surface area contributed by atoms with Gasteiger partial charge in [0.1, 0.15) is 0 Å². The first-order chi connectivity index (χ1) is 12.0. The summed E-state index contributed by atoms with van der Waals surface area (Å²) in [4.78, 5) is 12.1. The fraction of sp³-hybridized carbons (Fsp3) is 0.474. The Hall–Kier alpha value is -2.34. The van der Waals surface area contributed by atoms with Gasteiger partial charge in [0.25, 0.3) is 0 Å².